The summed E-state index contributed by atoms with van der Waals surface area (Å²) in [5, 5.41) is 0.957. The van der Waals surface area contributed by atoms with E-state index in [2.05, 4.69) is 9.97 Å². The predicted octanol–water partition coefficient (Wildman–Crippen LogP) is 5.14. The summed E-state index contributed by atoms with van der Waals surface area (Å²) in [7, 11) is 0. The molecule has 0 fully saturated rings. The number of benzene rings is 2. The highest BCUT2D eigenvalue weighted by atomic mass is 35.5. The van der Waals surface area contributed by atoms with Gasteiger partial charge in [0.25, 0.3) is 10.8 Å². The van der Waals surface area contributed by atoms with Crippen LogP contribution in [0.15, 0.2) is 87.4 Å². The molecular weight excluding hydrogens is 462 g/mol. The molecule has 5 aromatic rings. The molecule has 0 saturated heterocycles. The number of hydrogen-bond acceptors (Lipinski definition) is 7. The van der Waals surface area contributed by atoms with Crippen molar-refractivity contribution >= 4 is 46.1 Å². The van der Waals surface area contributed by atoms with Gasteiger partial charge in [0.05, 0.1) is 16.3 Å². The van der Waals surface area contributed by atoms with Crippen LogP contribution in [0.1, 0.15) is 21.6 Å². The van der Waals surface area contributed by atoms with Crippen LogP contribution in [0.3, 0.4) is 0 Å². The summed E-state index contributed by atoms with van der Waals surface area (Å²) < 4.78 is 12.5. The van der Waals surface area contributed by atoms with E-state index in [1.165, 1.54) is 28.4 Å². The normalized spacial score (nSPS) is 11.2. The average Bonchev–Trinajstić information content (AvgIpc) is 3.25. The second-order valence-electron chi connectivity index (χ2n) is 7.13. The Morgan fingerprint density at radius 2 is 1.88 bits per heavy atom. The van der Waals surface area contributed by atoms with E-state index in [-0.39, 0.29) is 12.2 Å². The third-order valence-corrected chi connectivity index (χ3v) is 5.99. The number of para-hydroxylation sites is 2. The molecule has 0 unspecified atom stereocenters. The maximum absolute atomic E-state index is 12.8. The van der Waals surface area contributed by atoms with E-state index in [9.17, 15) is 9.59 Å². The standard InChI is InChI=1S/C24H16ClN3O4S/c25-16-9-10-21-26-17(11-22(29)28(21)12-16)13-31-23(30)18-6-2-1-5-15(18)14-33-24-27-19-7-3-4-8-20(19)32-24/h1-12H,13-14H2. The molecule has 0 aliphatic rings. The molecule has 0 spiro atoms. The molecule has 0 saturated carbocycles. The molecule has 2 aromatic carbocycles. The molecule has 5 rings (SSSR count). The number of ether oxygens (including phenoxy) is 1. The summed E-state index contributed by atoms with van der Waals surface area (Å²) >= 11 is 7.33. The maximum Gasteiger partial charge on any atom is 0.338 e. The first-order valence-electron chi connectivity index (χ1n) is 9.98. The lowest BCUT2D eigenvalue weighted by molar-refractivity contribution is 0.0466. The summed E-state index contributed by atoms with van der Waals surface area (Å²) in [5.41, 5.74) is 3.20. The van der Waals surface area contributed by atoms with Gasteiger partial charge in [0, 0.05) is 18.0 Å². The van der Waals surface area contributed by atoms with Gasteiger partial charge in [-0.25, -0.2) is 14.8 Å². The van der Waals surface area contributed by atoms with Crippen LogP contribution in [0.5, 0.6) is 0 Å². The number of oxazole rings is 1. The summed E-state index contributed by atoms with van der Waals surface area (Å²) in [6.45, 7) is -0.125. The van der Waals surface area contributed by atoms with E-state index in [1.54, 1.807) is 24.3 Å². The first kappa shape index (κ1) is 21.2. The van der Waals surface area contributed by atoms with Gasteiger partial charge in [0.1, 0.15) is 17.8 Å². The van der Waals surface area contributed by atoms with E-state index < -0.39 is 5.97 Å². The highest BCUT2D eigenvalue weighted by Crippen LogP contribution is 2.27. The molecule has 3 aromatic heterocycles. The largest absolute Gasteiger partial charge is 0.456 e. The Hall–Kier alpha value is -3.62. The van der Waals surface area contributed by atoms with Gasteiger partial charge in [-0.2, -0.15) is 0 Å². The van der Waals surface area contributed by atoms with Crippen molar-refractivity contribution in [2.24, 2.45) is 0 Å². The number of esters is 1. The lowest BCUT2D eigenvalue weighted by Gasteiger charge is -2.09. The second kappa shape index (κ2) is 9.09. The summed E-state index contributed by atoms with van der Waals surface area (Å²) in [5.74, 6) is -0.0177. The number of aromatic nitrogens is 3. The minimum atomic E-state index is -0.498. The molecule has 0 amide bonds. The zero-order chi connectivity index (χ0) is 22.8. The van der Waals surface area contributed by atoms with E-state index in [0.29, 0.717) is 38.5 Å². The van der Waals surface area contributed by atoms with Gasteiger partial charge in [-0.3, -0.25) is 9.20 Å². The number of hydrogen-bond donors (Lipinski definition) is 0. The summed E-state index contributed by atoms with van der Waals surface area (Å²) in [6, 6.07) is 19.3. The van der Waals surface area contributed by atoms with Crippen LogP contribution in [0.2, 0.25) is 5.02 Å². The highest BCUT2D eigenvalue weighted by Gasteiger charge is 2.15. The molecule has 0 radical (unpaired) electrons. The molecule has 0 atom stereocenters. The fourth-order valence-corrected chi connectivity index (χ4v) is 4.32. The number of carbonyl (C=O) groups excluding carboxylic acids is 1. The van der Waals surface area contributed by atoms with Gasteiger partial charge in [-0.15, -0.1) is 0 Å². The summed E-state index contributed by atoms with van der Waals surface area (Å²) in [6.07, 6.45) is 1.49. The number of fused-ring (bicyclic) bond motifs is 2. The van der Waals surface area contributed by atoms with E-state index in [1.807, 2.05) is 36.4 Å². The van der Waals surface area contributed by atoms with Crippen LogP contribution < -0.4 is 5.56 Å². The zero-order valence-electron chi connectivity index (χ0n) is 17.1. The Morgan fingerprint density at radius 1 is 1.06 bits per heavy atom. The topological polar surface area (TPSA) is 86.7 Å². The van der Waals surface area contributed by atoms with Gasteiger partial charge in [-0.05, 0) is 35.9 Å². The lowest BCUT2D eigenvalue weighted by atomic mass is 10.1. The van der Waals surface area contributed by atoms with Crippen LogP contribution in [0, 0.1) is 0 Å². The first-order chi connectivity index (χ1) is 16.1. The lowest BCUT2D eigenvalue weighted by Crippen LogP contribution is -2.17. The van der Waals surface area contributed by atoms with Gasteiger partial charge in [-0.1, -0.05) is 53.7 Å². The molecular formula is C24H16ClN3O4S. The predicted molar refractivity (Wildman–Crippen MR) is 126 cm³/mol. The quantitative estimate of drug-likeness (QED) is 0.247. The monoisotopic (exact) mass is 477 g/mol. The Kier molecular flexibility index (Phi) is 5.85. The maximum atomic E-state index is 12.8. The van der Waals surface area contributed by atoms with Crippen molar-refractivity contribution in [3.63, 3.8) is 0 Å². The van der Waals surface area contributed by atoms with Crippen molar-refractivity contribution in [3.05, 3.63) is 105 Å². The van der Waals surface area contributed by atoms with Crippen LogP contribution in [-0.4, -0.2) is 20.3 Å². The molecule has 0 bridgehead atoms. The Morgan fingerprint density at radius 3 is 2.76 bits per heavy atom. The van der Waals surface area contributed by atoms with Gasteiger partial charge >= 0.3 is 5.97 Å². The molecule has 0 aliphatic heterocycles. The third-order valence-electron chi connectivity index (χ3n) is 4.89. The number of thioether (sulfide) groups is 1. The number of rotatable bonds is 6. The molecule has 164 valence electrons. The van der Waals surface area contributed by atoms with Crippen LogP contribution in [0.25, 0.3) is 16.7 Å². The molecule has 0 N–H and O–H groups in total. The molecule has 3 heterocycles. The Bertz CT molecular complexity index is 1510. The number of pyridine rings is 1. The second-order valence-corrected chi connectivity index (χ2v) is 8.49. The molecule has 9 heteroatoms. The van der Waals surface area contributed by atoms with Crippen molar-refractivity contribution in [3.8, 4) is 0 Å². The molecule has 0 aliphatic carbocycles. The third kappa shape index (κ3) is 4.62. The number of nitrogens with zero attached hydrogens (tertiary/aromatic N) is 3. The zero-order valence-corrected chi connectivity index (χ0v) is 18.7. The SMILES string of the molecule is O=C(OCc1cc(=O)n2cc(Cl)ccc2n1)c1ccccc1CSc1nc2ccccc2o1. The van der Waals surface area contributed by atoms with E-state index in [0.717, 1.165) is 11.1 Å². The molecule has 7 nitrogen and oxygen atoms in total. The minimum Gasteiger partial charge on any atom is -0.456 e. The van der Waals surface area contributed by atoms with Crippen LogP contribution >= 0.6 is 23.4 Å². The van der Waals surface area contributed by atoms with Crippen molar-refractivity contribution in [2.45, 2.75) is 17.6 Å². The van der Waals surface area contributed by atoms with E-state index >= 15 is 0 Å². The minimum absolute atomic E-state index is 0.125. The van der Waals surface area contributed by atoms with Crippen molar-refractivity contribution in [1.29, 1.82) is 0 Å². The Labute approximate surface area is 197 Å². The number of carbonyl (C=O) groups is 1. The highest BCUT2D eigenvalue weighted by molar-refractivity contribution is 7.98. The van der Waals surface area contributed by atoms with Crippen LogP contribution in [-0.2, 0) is 17.1 Å². The van der Waals surface area contributed by atoms with Crippen molar-refractivity contribution in [2.75, 3.05) is 0 Å². The summed E-state index contributed by atoms with van der Waals surface area (Å²) in [4.78, 5) is 33.9. The van der Waals surface area contributed by atoms with Crippen LogP contribution in [0.4, 0.5) is 0 Å². The fraction of sp³-hybridized carbons (Fsp3) is 0.0833. The smallest absolute Gasteiger partial charge is 0.338 e. The van der Waals surface area contributed by atoms with Crippen molar-refractivity contribution in [1.82, 2.24) is 14.4 Å². The fourth-order valence-electron chi connectivity index (χ4n) is 3.31. The van der Waals surface area contributed by atoms with Gasteiger partial charge in [0.2, 0.25) is 0 Å². The Balaban J connectivity index is 1.29. The van der Waals surface area contributed by atoms with Gasteiger partial charge in [0.15, 0.2) is 5.58 Å². The average molecular weight is 478 g/mol. The van der Waals surface area contributed by atoms with E-state index in [4.69, 9.17) is 20.8 Å². The first-order valence-corrected chi connectivity index (χ1v) is 11.3. The molecule has 33 heavy (non-hydrogen) atoms. The van der Waals surface area contributed by atoms with Crippen molar-refractivity contribution < 1.29 is 13.9 Å². The van der Waals surface area contributed by atoms with Gasteiger partial charge < -0.3 is 9.15 Å². The number of halogens is 1.